The number of carbonyl (C=O) groups excluding carboxylic acids is 2. The number of nitrogens with zero attached hydrogens (tertiary/aromatic N) is 1. The quantitative estimate of drug-likeness (QED) is 0.858. The molecule has 0 aromatic heterocycles. The van der Waals surface area contributed by atoms with Crippen molar-refractivity contribution in [3.63, 3.8) is 0 Å². The second-order valence-electron chi connectivity index (χ2n) is 5.85. The number of rotatable bonds is 4. The third kappa shape index (κ3) is 4.62. The number of benzene rings is 1. The summed E-state index contributed by atoms with van der Waals surface area (Å²) in [5.41, 5.74) is -0.879. The van der Waals surface area contributed by atoms with Gasteiger partial charge in [0.1, 0.15) is 17.2 Å². The zero-order valence-electron chi connectivity index (χ0n) is 14.4. The molecule has 0 unspecified atom stereocenters. The minimum atomic E-state index is -0.810. The monoisotopic (exact) mass is 336 g/mol. The molecule has 2 amide bonds. The topological polar surface area (TPSA) is 67.9 Å². The second kappa shape index (κ2) is 7.68. The lowest BCUT2D eigenvalue weighted by molar-refractivity contribution is 0.0584. The number of methoxy groups -OCH3 is 1. The molecular weight excluding hydrogens is 315 g/mol. The molecule has 24 heavy (non-hydrogen) atoms. The Balaban J connectivity index is 3.38. The van der Waals surface area contributed by atoms with Gasteiger partial charge in [-0.1, -0.05) is 5.92 Å². The molecule has 1 N–H and O–H groups in total. The van der Waals surface area contributed by atoms with Crippen molar-refractivity contribution < 1.29 is 23.5 Å². The number of ether oxygens (including phenoxy) is 2. The van der Waals surface area contributed by atoms with Crippen LogP contribution in [0.2, 0.25) is 0 Å². The van der Waals surface area contributed by atoms with E-state index in [0.717, 1.165) is 11.0 Å². The van der Waals surface area contributed by atoms with Crippen molar-refractivity contribution in [2.24, 2.45) is 0 Å². The second-order valence-corrected chi connectivity index (χ2v) is 5.85. The summed E-state index contributed by atoms with van der Waals surface area (Å²) in [4.78, 5) is 25.1. The van der Waals surface area contributed by atoms with Gasteiger partial charge in [0.2, 0.25) is 0 Å². The molecule has 0 aliphatic rings. The molecule has 130 valence electrons. The lowest BCUT2D eigenvalue weighted by Crippen LogP contribution is -2.37. The number of amides is 2. The Morgan fingerprint density at radius 2 is 2.00 bits per heavy atom. The van der Waals surface area contributed by atoms with Crippen LogP contribution in [0.1, 0.15) is 31.1 Å². The van der Waals surface area contributed by atoms with Crippen LogP contribution in [0.25, 0.3) is 0 Å². The van der Waals surface area contributed by atoms with Crippen molar-refractivity contribution >= 4 is 17.7 Å². The Labute approximate surface area is 140 Å². The largest absolute Gasteiger partial charge is 0.495 e. The maximum Gasteiger partial charge on any atom is 0.415 e. The van der Waals surface area contributed by atoms with E-state index in [2.05, 4.69) is 11.2 Å². The molecule has 0 spiro atoms. The summed E-state index contributed by atoms with van der Waals surface area (Å²) >= 11 is 0. The van der Waals surface area contributed by atoms with Gasteiger partial charge in [0.05, 0.1) is 24.9 Å². The zero-order valence-corrected chi connectivity index (χ0v) is 14.4. The van der Waals surface area contributed by atoms with E-state index in [0.29, 0.717) is 0 Å². The van der Waals surface area contributed by atoms with Crippen LogP contribution in [0.4, 0.5) is 14.9 Å². The molecule has 6 nitrogen and oxygen atoms in total. The molecule has 7 heteroatoms. The first-order valence-electron chi connectivity index (χ1n) is 7.18. The summed E-state index contributed by atoms with van der Waals surface area (Å²) in [6.45, 7) is 4.95. The predicted octanol–water partition coefficient (Wildman–Crippen LogP) is 2.57. The van der Waals surface area contributed by atoms with E-state index in [-0.39, 0.29) is 23.5 Å². The van der Waals surface area contributed by atoms with Crippen LogP contribution in [0.3, 0.4) is 0 Å². The van der Waals surface area contributed by atoms with Crippen molar-refractivity contribution in [3.05, 3.63) is 23.5 Å². The molecular formula is C17H21FN2O4. The smallest absolute Gasteiger partial charge is 0.415 e. The molecule has 1 aromatic carbocycles. The van der Waals surface area contributed by atoms with Crippen molar-refractivity contribution in [1.82, 2.24) is 5.32 Å². The highest BCUT2D eigenvalue weighted by molar-refractivity contribution is 5.97. The van der Waals surface area contributed by atoms with Crippen LogP contribution in [0, 0.1) is 18.2 Å². The van der Waals surface area contributed by atoms with Crippen molar-refractivity contribution in [3.8, 4) is 18.1 Å². The fourth-order valence-electron chi connectivity index (χ4n) is 1.88. The first-order valence-corrected chi connectivity index (χ1v) is 7.18. The van der Waals surface area contributed by atoms with Gasteiger partial charge in [-0.05, 0) is 26.8 Å². The van der Waals surface area contributed by atoms with Gasteiger partial charge in [0.25, 0.3) is 5.91 Å². The van der Waals surface area contributed by atoms with Crippen molar-refractivity contribution in [1.29, 1.82) is 0 Å². The fourth-order valence-corrected chi connectivity index (χ4v) is 1.88. The van der Waals surface area contributed by atoms with Gasteiger partial charge in [-0.15, -0.1) is 6.42 Å². The van der Waals surface area contributed by atoms with Crippen LogP contribution in [-0.4, -0.2) is 38.3 Å². The first kappa shape index (κ1) is 19.3. The van der Waals surface area contributed by atoms with E-state index in [9.17, 15) is 14.0 Å². The third-order valence-corrected chi connectivity index (χ3v) is 2.89. The third-order valence-electron chi connectivity index (χ3n) is 2.89. The molecule has 1 aromatic rings. The molecule has 0 aliphatic heterocycles. The fraction of sp³-hybridized carbons (Fsp3) is 0.412. The van der Waals surface area contributed by atoms with Crippen LogP contribution >= 0.6 is 0 Å². The highest BCUT2D eigenvalue weighted by Crippen LogP contribution is 2.32. The number of terminal acetylenes is 1. The molecule has 0 aliphatic carbocycles. The molecule has 0 heterocycles. The minimum Gasteiger partial charge on any atom is -0.495 e. The number of nitrogens with one attached hydrogen (secondary N) is 1. The molecule has 0 saturated carbocycles. The summed E-state index contributed by atoms with van der Waals surface area (Å²) in [5, 5.41) is 2.33. The molecule has 0 bridgehead atoms. The molecule has 1 rings (SSSR count). The predicted molar refractivity (Wildman–Crippen MR) is 88.8 cm³/mol. The number of anilines is 1. The summed E-state index contributed by atoms with van der Waals surface area (Å²) in [5.74, 6) is 1.02. The van der Waals surface area contributed by atoms with Gasteiger partial charge in [-0.2, -0.15) is 0 Å². The number of halogens is 1. The van der Waals surface area contributed by atoms with Gasteiger partial charge in [0, 0.05) is 13.1 Å². The SMILES string of the molecule is C#CCN(C(=O)OC(C)(C)C)c1cc(F)c(C(=O)NC)cc1OC. The Morgan fingerprint density at radius 3 is 2.46 bits per heavy atom. The molecule has 0 atom stereocenters. The Bertz CT molecular complexity index is 674. The average molecular weight is 336 g/mol. The molecule has 0 saturated heterocycles. The number of hydrogen-bond donors (Lipinski definition) is 1. The van der Waals surface area contributed by atoms with Gasteiger partial charge in [0.15, 0.2) is 0 Å². The van der Waals surface area contributed by atoms with E-state index in [1.807, 2.05) is 0 Å². The van der Waals surface area contributed by atoms with Crippen LogP contribution in [0.5, 0.6) is 5.75 Å². The van der Waals surface area contributed by atoms with Gasteiger partial charge in [-0.25, -0.2) is 9.18 Å². The Hall–Kier alpha value is -2.75. The highest BCUT2D eigenvalue weighted by atomic mass is 19.1. The van der Waals surface area contributed by atoms with E-state index in [1.54, 1.807) is 20.8 Å². The standard InChI is InChI=1S/C17H21FN2O4/c1-7-8-20(16(22)24-17(2,3)4)13-10-12(18)11(15(21)19-5)9-14(13)23-6/h1,9-10H,8H2,2-6H3,(H,19,21). The van der Waals surface area contributed by atoms with Crippen molar-refractivity contribution in [2.75, 3.05) is 25.6 Å². The van der Waals surface area contributed by atoms with Crippen LogP contribution < -0.4 is 15.0 Å². The van der Waals surface area contributed by atoms with Gasteiger partial charge >= 0.3 is 6.09 Å². The number of hydrogen-bond acceptors (Lipinski definition) is 4. The van der Waals surface area contributed by atoms with Crippen LogP contribution in [0.15, 0.2) is 12.1 Å². The Kier molecular flexibility index (Phi) is 6.18. The maximum absolute atomic E-state index is 14.3. The normalized spacial score (nSPS) is 10.5. The Morgan fingerprint density at radius 1 is 1.38 bits per heavy atom. The van der Waals surface area contributed by atoms with E-state index in [1.165, 1.54) is 20.2 Å². The van der Waals surface area contributed by atoms with Gasteiger partial charge < -0.3 is 14.8 Å². The van der Waals surface area contributed by atoms with E-state index >= 15 is 0 Å². The summed E-state index contributed by atoms with van der Waals surface area (Å²) in [6.07, 6.45) is 4.55. The summed E-state index contributed by atoms with van der Waals surface area (Å²) in [6, 6.07) is 2.22. The lowest BCUT2D eigenvalue weighted by atomic mass is 10.1. The van der Waals surface area contributed by atoms with Gasteiger partial charge in [-0.3, -0.25) is 9.69 Å². The molecule has 0 radical (unpaired) electrons. The molecule has 0 fully saturated rings. The lowest BCUT2D eigenvalue weighted by Gasteiger charge is -2.27. The summed E-state index contributed by atoms with van der Waals surface area (Å²) < 4.78 is 24.7. The van der Waals surface area contributed by atoms with E-state index < -0.39 is 23.4 Å². The minimum absolute atomic E-state index is 0.0786. The first-order chi connectivity index (χ1) is 11.1. The summed E-state index contributed by atoms with van der Waals surface area (Å²) in [7, 11) is 2.72. The zero-order chi connectivity index (χ0) is 18.5. The average Bonchev–Trinajstić information content (AvgIpc) is 2.49. The number of carbonyl (C=O) groups is 2. The maximum atomic E-state index is 14.3. The van der Waals surface area contributed by atoms with Crippen LogP contribution in [-0.2, 0) is 4.74 Å². The van der Waals surface area contributed by atoms with Crippen molar-refractivity contribution in [2.45, 2.75) is 26.4 Å². The van der Waals surface area contributed by atoms with E-state index in [4.69, 9.17) is 15.9 Å². The highest BCUT2D eigenvalue weighted by Gasteiger charge is 2.27.